The van der Waals surface area contributed by atoms with Crippen LogP contribution in [-0.4, -0.2) is 40.1 Å². The molecule has 0 amide bonds. The second-order valence-electron chi connectivity index (χ2n) is 5.16. The Kier molecular flexibility index (Phi) is 5.72. The highest BCUT2D eigenvalue weighted by atomic mass is 16.3. The zero-order valence-electron chi connectivity index (χ0n) is 12.4. The molecule has 0 saturated carbocycles. The van der Waals surface area contributed by atoms with Crippen molar-refractivity contribution in [1.29, 1.82) is 0 Å². The highest BCUT2D eigenvalue weighted by Gasteiger charge is 2.12. The molecule has 0 aliphatic carbocycles. The van der Waals surface area contributed by atoms with E-state index in [0.29, 0.717) is 19.5 Å². The summed E-state index contributed by atoms with van der Waals surface area (Å²) in [7, 11) is 1.88. The highest BCUT2D eigenvalue weighted by molar-refractivity contribution is 5.94. The normalized spacial score (nSPS) is 11.0. The number of hydrogen-bond acceptors (Lipinski definition) is 3. The summed E-state index contributed by atoms with van der Waals surface area (Å²) in [6.45, 7) is 2.09. The van der Waals surface area contributed by atoms with Gasteiger partial charge in [0.05, 0.1) is 12.3 Å². The number of hydrogen-bond donors (Lipinski definition) is 1. The lowest BCUT2D eigenvalue weighted by molar-refractivity contribution is 0.0946. The molecule has 0 spiro atoms. The van der Waals surface area contributed by atoms with Gasteiger partial charge in [-0.25, -0.2) is 0 Å². The SMILES string of the molecule is Cn1cccc1C(=O)CCN(CCO)Cc1ccccc1. The maximum atomic E-state index is 12.2. The van der Waals surface area contributed by atoms with Crippen LogP contribution in [-0.2, 0) is 13.6 Å². The van der Waals surface area contributed by atoms with Gasteiger partial charge < -0.3 is 9.67 Å². The van der Waals surface area contributed by atoms with E-state index in [0.717, 1.165) is 12.2 Å². The molecule has 4 nitrogen and oxygen atoms in total. The Morgan fingerprint density at radius 3 is 2.52 bits per heavy atom. The first-order valence-corrected chi connectivity index (χ1v) is 7.22. The smallest absolute Gasteiger partial charge is 0.180 e. The maximum absolute atomic E-state index is 12.2. The number of ketones is 1. The molecule has 112 valence electrons. The maximum Gasteiger partial charge on any atom is 0.180 e. The second kappa shape index (κ2) is 7.76. The molecule has 0 saturated heterocycles. The van der Waals surface area contributed by atoms with E-state index >= 15 is 0 Å². The van der Waals surface area contributed by atoms with Gasteiger partial charge in [0.15, 0.2) is 5.78 Å². The predicted molar refractivity (Wildman–Crippen MR) is 83.2 cm³/mol. The van der Waals surface area contributed by atoms with Gasteiger partial charge in [-0.15, -0.1) is 0 Å². The highest BCUT2D eigenvalue weighted by Crippen LogP contribution is 2.08. The van der Waals surface area contributed by atoms with Crippen LogP contribution in [0, 0.1) is 0 Å². The summed E-state index contributed by atoms with van der Waals surface area (Å²) < 4.78 is 1.84. The molecule has 0 radical (unpaired) electrons. The van der Waals surface area contributed by atoms with Crippen molar-refractivity contribution < 1.29 is 9.90 Å². The van der Waals surface area contributed by atoms with E-state index in [-0.39, 0.29) is 12.4 Å². The lowest BCUT2D eigenvalue weighted by Crippen LogP contribution is -2.29. The molecule has 2 rings (SSSR count). The molecule has 0 fully saturated rings. The van der Waals surface area contributed by atoms with Crippen molar-refractivity contribution in [3.8, 4) is 0 Å². The van der Waals surface area contributed by atoms with Gasteiger partial charge >= 0.3 is 0 Å². The van der Waals surface area contributed by atoms with Crippen molar-refractivity contribution in [3.05, 3.63) is 59.9 Å². The van der Waals surface area contributed by atoms with Crippen molar-refractivity contribution in [1.82, 2.24) is 9.47 Å². The number of carbonyl (C=O) groups is 1. The molecule has 0 atom stereocenters. The zero-order chi connectivity index (χ0) is 15.1. The summed E-state index contributed by atoms with van der Waals surface area (Å²) in [4.78, 5) is 14.3. The molecule has 1 aromatic heterocycles. The van der Waals surface area contributed by atoms with E-state index in [4.69, 9.17) is 0 Å². The van der Waals surface area contributed by atoms with Gasteiger partial charge in [-0.3, -0.25) is 9.69 Å². The Labute approximate surface area is 125 Å². The molecule has 1 aromatic carbocycles. The Bertz CT molecular complexity index is 563. The lowest BCUT2D eigenvalue weighted by atomic mass is 10.1. The lowest BCUT2D eigenvalue weighted by Gasteiger charge is -2.21. The molecule has 2 aromatic rings. The van der Waals surface area contributed by atoms with E-state index in [9.17, 15) is 9.90 Å². The Hall–Kier alpha value is -1.91. The Balaban J connectivity index is 1.91. The first kappa shape index (κ1) is 15.5. The fraction of sp³-hybridized carbons (Fsp3) is 0.353. The molecular weight excluding hydrogens is 264 g/mol. The van der Waals surface area contributed by atoms with E-state index in [1.807, 2.05) is 48.1 Å². The number of rotatable bonds is 8. The first-order chi connectivity index (χ1) is 10.2. The average Bonchev–Trinajstić information content (AvgIpc) is 2.92. The van der Waals surface area contributed by atoms with Crippen LogP contribution in [0.4, 0.5) is 0 Å². The van der Waals surface area contributed by atoms with Crippen LogP contribution in [0.2, 0.25) is 0 Å². The third kappa shape index (κ3) is 4.55. The van der Waals surface area contributed by atoms with Gasteiger partial charge in [0.25, 0.3) is 0 Å². The minimum absolute atomic E-state index is 0.102. The van der Waals surface area contributed by atoms with Gasteiger partial charge in [-0.05, 0) is 17.7 Å². The summed E-state index contributed by atoms with van der Waals surface area (Å²) in [5.41, 5.74) is 1.93. The van der Waals surface area contributed by atoms with Crippen LogP contribution >= 0.6 is 0 Å². The van der Waals surface area contributed by atoms with Gasteiger partial charge in [-0.2, -0.15) is 0 Å². The van der Waals surface area contributed by atoms with Gasteiger partial charge in [0.1, 0.15) is 0 Å². The second-order valence-corrected chi connectivity index (χ2v) is 5.16. The fourth-order valence-corrected chi connectivity index (χ4v) is 2.39. The van der Waals surface area contributed by atoms with Gasteiger partial charge in [0.2, 0.25) is 0 Å². The summed E-state index contributed by atoms with van der Waals surface area (Å²) in [5, 5.41) is 9.18. The zero-order valence-corrected chi connectivity index (χ0v) is 12.4. The number of aliphatic hydroxyl groups excluding tert-OH is 1. The third-order valence-corrected chi connectivity index (χ3v) is 3.55. The van der Waals surface area contributed by atoms with E-state index < -0.39 is 0 Å². The number of carbonyl (C=O) groups excluding carboxylic acids is 1. The van der Waals surface area contributed by atoms with Gasteiger partial charge in [0, 0.05) is 39.3 Å². The number of nitrogens with zero attached hydrogens (tertiary/aromatic N) is 2. The topological polar surface area (TPSA) is 45.5 Å². The van der Waals surface area contributed by atoms with Crippen molar-refractivity contribution in [2.45, 2.75) is 13.0 Å². The van der Waals surface area contributed by atoms with Crippen molar-refractivity contribution >= 4 is 5.78 Å². The predicted octanol–water partition coefficient (Wildman–Crippen LogP) is 2.09. The minimum atomic E-state index is 0.102. The quantitative estimate of drug-likeness (QED) is 0.756. The standard InChI is InChI=1S/C17H22N2O2/c1-18-10-5-8-16(18)17(21)9-11-19(12-13-20)14-15-6-3-2-4-7-15/h2-8,10,20H,9,11-14H2,1H3. The van der Waals surface area contributed by atoms with Crippen molar-refractivity contribution in [3.63, 3.8) is 0 Å². The molecule has 0 bridgehead atoms. The van der Waals surface area contributed by atoms with Crippen LogP contribution < -0.4 is 0 Å². The molecule has 0 aliphatic heterocycles. The van der Waals surface area contributed by atoms with Crippen LogP contribution in [0.3, 0.4) is 0 Å². The fourth-order valence-electron chi connectivity index (χ4n) is 2.39. The van der Waals surface area contributed by atoms with Crippen molar-refractivity contribution in [2.75, 3.05) is 19.7 Å². The molecule has 4 heteroatoms. The van der Waals surface area contributed by atoms with Crippen LogP contribution in [0.1, 0.15) is 22.5 Å². The van der Waals surface area contributed by atoms with Crippen molar-refractivity contribution in [2.24, 2.45) is 7.05 Å². The summed E-state index contributed by atoms with van der Waals surface area (Å²) in [6, 6.07) is 13.8. The largest absolute Gasteiger partial charge is 0.395 e. The number of aryl methyl sites for hydroxylation is 1. The molecule has 21 heavy (non-hydrogen) atoms. The number of Topliss-reactive ketones (excluding diaryl/α,β-unsaturated/α-hetero) is 1. The summed E-state index contributed by atoms with van der Waals surface area (Å²) >= 11 is 0. The molecular formula is C17H22N2O2. The number of aliphatic hydroxyl groups is 1. The molecule has 0 aliphatic rings. The van der Waals surface area contributed by atoms with E-state index in [2.05, 4.69) is 17.0 Å². The molecule has 1 N–H and O–H groups in total. The monoisotopic (exact) mass is 286 g/mol. The number of benzene rings is 1. The van der Waals surface area contributed by atoms with Crippen LogP contribution in [0.5, 0.6) is 0 Å². The first-order valence-electron chi connectivity index (χ1n) is 7.22. The van der Waals surface area contributed by atoms with Crippen LogP contribution in [0.25, 0.3) is 0 Å². The molecule has 1 heterocycles. The average molecular weight is 286 g/mol. The number of aromatic nitrogens is 1. The molecule has 0 unspecified atom stereocenters. The summed E-state index contributed by atoms with van der Waals surface area (Å²) in [6.07, 6.45) is 2.34. The third-order valence-electron chi connectivity index (χ3n) is 3.55. The minimum Gasteiger partial charge on any atom is -0.395 e. The van der Waals surface area contributed by atoms with E-state index in [1.54, 1.807) is 0 Å². The Morgan fingerprint density at radius 2 is 1.90 bits per heavy atom. The summed E-state index contributed by atoms with van der Waals surface area (Å²) in [5.74, 6) is 0.138. The van der Waals surface area contributed by atoms with Gasteiger partial charge in [-0.1, -0.05) is 30.3 Å². The Morgan fingerprint density at radius 1 is 1.14 bits per heavy atom. The van der Waals surface area contributed by atoms with Crippen LogP contribution in [0.15, 0.2) is 48.7 Å². The van der Waals surface area contributed by atoms with E-state index in [1.165, 1.54) is 5.56 Å².